The fraction of sp³-hybridized carbons (Fsp3) is 0.120. The number of rotatable bonds is 6. The molecule has 0 saturated heterocycles. The van der Waals surface area contributed by atoms with E-state index in [2.05, 4.69) is 59.9 Å². The molecule has 0 fully saturated rings. The standard InChI is InChI=1S/C25H22N2OS/c1-18-8-2-3-11-21(18)16-29-17-25(28)27-26-15-24-22-12-6-4-9-19(22)14-20-10-5-7-13-23(20)24/h2-15H,16-17H2,1H3,(H,27,28)/b26-15-. The largest absolute Gasteiger partial charge is 0.272 e. The predicted molar refractivity (Wildman–Crippen MR) is 125 cm³/mol. The highest BCUT2D eigenvalue weighted by Crippen LogP contribution is 2.27. The number of thioether (sulfide) groups is 1. The minimum absolute atomic E-state index is 0.0932. The number of hydrazone groups is 1. The third kappa shape index (κ3) is 4.49. The zero-order valence-electron chi connectivity index (χ0n) is 16.3. The van der Waals surface area contributed by atoms with Crippen molar-refractivity contribution in [2.24, 2.45) is 5.10 Å². The topological polar surface area (TPSA) is 41.5 Å². The van der Waals surface area contributed by atoms with E-state index in [1.165, 1.54) is 11.1 Å². The van der Waals surface area contributed by atoms with Crippen molar-refractivity contribution in [2.45, 2.75) is 12.7 Å². The van der Waals surface area contributed by atoms with Gasteiger partial charge in [0.05, 0.1) is 12.0 Å². The van der Waals surface area contributed by atoms with Crippen LogP contribution in [0.25, 0.3) is 21.5 Å². The van der Waals surface area contributed by atoms with Crippen molar-refractivity contribution in [3.8, 4) is 0 Å². The van der Waals surface area contributed by atoms with Gasteiger partial charge in [-0.3, -0.25) is 4.79 Å². The van der Waals surface area contributed by atoms with E-state index in [0.717, 1.165) is 32.9 Å². The quantitative estimate of drug-likeness (QED) is 0.258. The summed E-state index contributed by atoms with van der Waals surface area (Å²) in [5.74, 6) is 1.10. The molecular weight excluding hydrogens is 376 g/mol. The highest BCUT2D eigenvalue weighted by atomic mass is 32.2. The van der Waals surface area contributed by atoms with Crippen LogP contribution in [0.1, 0.15) is 16.7 Å². The number of hydrogen-bond acceptors (Lipinski definition) is 3. The molecule has 0 atom stereocenters. The lowest BCUT2D eigenvalue weighted by molar-refractivity contribution is -0.118. The Hall–Kier alpha value is -3.11. The summed E-state index contributed by atoms with van der Waals surface area (Å²) >= 11 is 1.59. The average molecular weight is 399 g/mol. The molecule has 0 heterocycles. The smallest absolute Gasteiger partial charge is 0.250 e. The Kier molecular flexibility index (Phi) is 5.92. The van der Waals surface area contributed by atoms with Gasteiger partial charge in [-0.2, -0.15) is 5.10 Å². The van der Waals surface area contributed by atoms with Gasteiger partial charge in [-0.05, 0) is 45.7 Å². The van der Waals surface area contributed by atoms with Crippen molar-refractivity contribution < 1.29 is 4.79 Å². The molecular formula is C25H22N2OS. The fourth-order valence-electron chi connectivity index (χ4n) is 3.41. The summed E-state index contributed by atoms with van der Waals surface area (Å²) in [4.78, 5) is 12.2. The van der Waals surface area contributed by atoms with Crippen molar-refractivity contribution in [2.75, 3.05) is 5.75 Å². The average Bonchev–Trinajstić information content (AvgIpc) is 2.74. The number of hydrogen-bond donors (Lipinski definition) is 1. The van der Waals surface area contributed by atoms with Gasteiger partial charge in [0.2, 0.25) is 5.91 Å². The Bertz CT molecular complexity index is 1150. The molecule has 0 spiro atoms. The van der Waals surface area contributed by atoms with E-state index in [-0.39, 0.29) is 5.91 Å². The summed E-state index contributed by atoms with van der Waals surface area (Å²) in [6.07, 6.45) is 1.76. The van der Waals surface area contributed by atoms with Crippen LogP contribution in [0.3, 0.4) is 0 Å². The molecule has 4 aromatic rings. The molecule has 29 heavy (non-hydrogen) atoms. The van der Waals surface area contributed by atoms with E-state index in [9.17, 15) is 4.79 Å². The molecule has 4 heteroatoms. The van der Waals surface area contributed by atoms with Gasteiger partial charge in [-0.15, -0.1) is 11.8 Å². The molecule has 4 aromatic carbocycles. The van der Waals surface area contributed by atoms with Crippen molar-refractivity contribution >= 4 is 45.4 Å². The number of amides is 1. The van der Waals surface area contributed by atoms with Crippen molar-refractivity contribution in [1.29, 1.82) is 0 Å². The van der Waals surface area contributed by atoms with Crippen molar-refractivity contribution in [1.82, 2.24) is 5.43 Å². The Morgan fingerprint density at radius 3 is 2.24 bits per heavy atom. The number of aryl methyl sites for hydroxylation is 1. The van der Waals surface area contributed by atoms with E-state index in [1.807, 2.05) is 36.4 Å². The first kappa shape index (κ1) is 19.2. The third-order valence-electron chi connectivity index (χ3n) is 4.95. The monoisotopic (exact) mass is 398 g/mol. The number of fused-ring (bicyclic) bond motifs is 2. The summed E-state index contributed by atoms with van der Waals surface area (Å²) in [5, 5.41) is 8.81. The van der Waals surface area contributed by atoms with Crippen LogP contribution in [0.15, 0.2) is 84.0 Å². The van der Waals surface area contributed by atoms with Crippen LogP contribution in [0.2, 0.25) is 0 Å². The highest BCUT2D eigenvalue weighted by molar-refractivity contribution is 7.99. The normalized spacial score (nSPS) is 11.3. The number of nitrogens with one attached hydrogen (secondary N) is 1. The van der Waals surface area contributed by atoms with Crippen LogP contribution in [-0.2, 0) is 10.5 Å². The Morgan fingerprint density at radius 1 is 0.931 bits per heavy atom. The lowest BCUT2D eigenvalue weighted by atomic mass is 9.97. The summed E-state index contributed by atoms with van der Waals surface area (Å²) in [7, 11) is 0. The fourth-order valence-corrected chi connectivity index (χ4v) is 4.31. The SMILES string of the molecule is Cc1ccccc1CSCC(=O)N/N=C\c1c2ccccc2cc2ccccc12. The Morgan fingerprint density at radius 2 is 1.55 bits per heavy atom. The minimum atomic E-state index is -0.0932. The second kappa shape index (κ2) is 8.93. The summed E-state index contributed by atoms with van der Waals surface area (Å²) < 4.78 is 0. The van der Waals surface area contributed by atoms with Crippen molar-refractivity contribution in [3.05, 3.63) is 95.6 Å². The van der Waals surface area contributed by atoms with Gasteiger partial charge in [0, 0.05) is 11.3 Å². The van der Waals surface area contributed by atoms with Gasteiger partial charge in [0.25, 0.3) is 0 Å². The predicted octanol–water partition coefficient (Wildman–Crippen LogP) is 5.68. The van der Waals surface area contributed by atoms with Gasteiger partial charge in [0.1, 0.15) is 0 Å². The zero-order chi connectivity index (χ0) is 20.1. The van der Waals surface area contributed by atoms with E-state index in [4.69, 9.17) is 0 Å². The molecule has 1 N–H and O–H groups in total. The second-order valence-electron chi connectivity index (χ2n) is 6.94. The van der Waals surface area contributed by atoms with Gasteiger partial charge in [-0.1, -0.05) is 72.8 Å². The van der Waals surface area contributed by atoms with Crippen LogP contribution < -0.4 is 5.43 Å². The second-order valence-corrected chi connectivity index (χ2v) is 7.93. The Balaban J connectivity index is 1.45. The maximum atomic E-state index is 12.2. The van der Waals surface area contributed by atoms with E-state index in [1.54, 1.807) is 18.0 Å². The molecule has 0 aliphatic rings. The Labute approximate surface area is 174 Å². The number of nitrogens with zero attached hydrogens (tertiary/aromatic N) is 1. The van der Waals surface area contributed by atoms with Crippen LogP contribution in [0.4, 0.5) is 0 Å². The molecule has 0 aliphatic heterocycles. The molecule has 0 bridgehead atoms. The van der Waals surface area contributed by atoms with E-state index >= 15 is 0 Å². The molecule has 144 valence electrons. The molecule has 1 amide bonds. The van der Waals surface area contributed by atoms with E-state index < -0.39 is 0 Å². The molecule has 0 saturated carbocycles. The first-order valence-electron chi connectivity index (χ1n) is 9.57. The number of benzene rings is 4. The highest BCUT2D eigenvalue weighted by Gasteiger charge is 2.06. The number of carbonyl (C=O) groups is 1. The van der Waals surface area contributed by atoms with Gasteiger partial charge < -0.3 is 0 Å². The lowest BCUT2D eigenvalue weighted by Crippen LogP contribution is -2.19. The lowest BCUT2D eigenvalue weighted by Gasteiger charge is -2.08. The van der Waals surface area contributed by atoms with Crippen LogP contribution in [0.5, 0.6) is 0 Å². The summed E-state index contributed by atoms with van der Waals surface area (Å²) in [6, 6.07) is 26.9. The van der Waals surface area contributed by atoms with Crippen LogP contribution >= 0.6 is 11.8 Å². The first-order valence-corrected chi connectivity index (χ1v) is 10.7. The van der Waals surface area contributed by atoms with Gasteiger partial charge in [0.15, 0.2) is 0 Å². The van der Waals surface area contributed by atoms with Gasteiger partial charge in [-0.25, -0.2) is 5.43 Å². The molecule has 0 aromatic heterocycles. The maximum absolute atomic E-state index is 12.2. The maximum Gasteiger partial charge on any atom is 0.250 e. The summed E-state index contributed by atoms with van der Waals surface area (Å²) in [6.45, 7) is 2.09. The summed E-state index contributed by atoms with van der Waals surface area (Å²) in [5.41, 5.74) is 6.20. The number of carbonyl (C=O) groups excluding carboxylic acids is 1. The van der Waals surface area contributed by atoms with E-state index in [0.29, 0.717) is 5.75 Å². The molecule has 0 aliphatic carbocycles. The molecule has 4 rings (SSSR count). The zero-order valence-corrected chi connectivity index (χ0v) is 17.1. The third-order valence-corrected chi connectivity index (χ3v) is 5.93. The first-order chi connectivity index (χ1) is 14.2. The molecule has 0 radical (unpaired) electrons. The molecule has 0 unspecified atom stereocenters. The van der Waals surface area contributed by atoms with Crippen LogP contribution in [0, 0.1) is 6.92 Å². The minimum Gasteiger partial charge on any atom is -0.272 e. The van der Waals surface area contributed by atoms with Crippen LogP contribution in [-0.4, -0.2) is 17.9 Å². The molecule has 3 nitrogen and oxygen atoms in total. The van der Waals surface area contributed by atoms with Gasteiger partial charge >= 0.3 is 0 Å². The van der Waals surface area contributed by atoms with Crippen molar-refractivity contribution in [3.63, 3.8) is 0 Å².